The Bertz CT molecular complexity index is 877. The summed E-state index contributed by atoms with van der Waals surface area (Å²) in [5.74, 6) is 2.05. The molecular weight excluding hydrogens is 306 g/mol. The molecule has 1 unspecified atom stereocenters. The molecule has 1 aliphatic rings. The van der Waals surface area contributed by atoms with Gasteiger partial charge in [0.1, 0.15) is 6.33 Å². The lowest BCUT2D eigenvalue weighted by Gasteiger charge is -2.27. The van der Waals surface area contributed by atoms with Crippen LogP contribution in [0.2, 0.25) is 0 Å². The van der Waals surface area contributed by atoms with Gasteiger partial charge in [0, 0.05) is 12.5 Å². The molecule has 2 aromatic heterocycles. The number of nitrogens with zero attached hydrogens (tertiary/aromatic N) is 4. The van der Waals surface area contributed by atoms with Gasteiger partial charge in [0.15, 0.2) is 11.5 Å². The Kier molecular flexibility index (Phi) is 3.68. The zero-order valence-corrected chi connectivity index (χ0v) is 13.7. The van der Waals surface area contributed by atoms with Gasteiger partial charge in [-0.15, -0.1) is 10.2 Å². The average Bonchev–Trinajstić information content (AvgIpc) is 3.07. The average molecular weight is 325 g/mol. The van der Waals surface area contributed by atoms with E-state index in [1.54, 1.807) is 18.0 Å². The number of para-hydroxylation sites is 1. The molecule has 0 bridgehead atoms. The molecule has 1 aromatic carbocycles. The van der Waals surface area contributed by atoms with Crippen LogP contribution in [0.3, 0.4) is 0 Å². The first-order valence-corrected chi connectivity index (χ1v) is 7.95. The molecule has 24 heavy (non-hydrogen) atoms. The first-order chi connectivity index (χ1) is 11.7. The van der Waals surface area contributed by atoms with E-state index in [9.17, 15) is 0 Å². The largest absolute Gasteiger partial charge is 0.493 e. The Morgan fingerprint density at radius 3 is 3.21 bits per heavy atom. The number of fused-ring (bicyclic) bond motifs is 2. The Labute approximate surface area is 139 Å². The SMILES string of the molecule is COc1cccc2c1OCC(CNc1cc(C)nn3cnnc13)C2. The molecule has 0 radical (unpaired) electrons. The number of aromatic nitrogens is 4. The normalized spacial score (nSPS) is 16.5. The Morgan fingerprint density at radius 1 is 1.42 bits per heavy atom. The monoisotopic (exact) mass is 325 g/mol. The van der Waals surface area contributed by atoms with E-state index in [1.807, 2.05) is 25.1 Å². The van der Waals surface area contributed by atoms with Crippen LogP contribution in [0.15, 0.2) is 30.6 Å². The van der Waals surface area contributed by atoms with Crippen LogP contribution in [0.25, 0.3) is 5.65 Å². The summed E-state index contributed by atoms with van der Waals surface area (Å²) in [5, 5.41) is 15.9. The Hall–Kier alpha value is -2.83. The summed E-state index contributed by atoms with van der Waals surface area (Å²) < 4.78 is 13.0. The molecule has 1 N–H and O–H groups in total. The number of anilines is 1. The van der Waals surface area contributed by atoms with Gasteiger partial charge in [-0.2, -0.15) is 9.61 Å². The molecule has 3 aromatic rings. The highest BCUT2D eigenvalue weighted by molar-refractivity contribution is 5.66. The zero-order valence-electron chi connectivity index (χ0n) is 13.7. The van der Waals surface area contributed by atoms with Gasteiger partial charge >= 0.3 is 0 Å². The second-order valence-electron chi connectivity index (χ2n) is 6.01. The van der Waals surface area contributed by atoms with E-state index >= 15 is 0 Å². The van der Waals surface area contributed by atoms with Gasteiger partial charge in [-0.3, -0.25) is 0 Å². The summed E-state index contributed by atoms with van der Waals surface area (Å²) in [7, 11) is 1.67. The van der Waals surface area contributed by atoms with Crippen molar-refractivity contribution >= 4 is 11.3 Å². The van der Waals surface area contributed by atoms with Crippen LogP contribution in [0.4, 0.5) is 5.69 Å². The fourth-order valence-electron chi connectivity index (χ4n) is 3.09. The summed E-state index contributed by atoms with van der Waals surface area (Å²) in [4.78, 5) is 0. The molecule has 0 spiro atoms. The topological polar surface area (TPSA) is 73.6 Å². The highest BCUT2D eigenvalue weighted by Gasteiger charge is 2.22. The summed E-state index contributed by atoms with van der Waals surface area (Å²) in [6.07, 6.45) is 2.56. The van der Waals surface area contributed by atoms with Gasteiger partial charge in [0.2, 0.25) is 5.65 Å². The molecule has 124 valence electrons. The number of methoxy groups -OCH3 is 1. The minimum Gasteiger partial charge on any atom is -0.493 e. The van der Waals surface area contributed by atoms with Crippen molar-refractivity contribution in [3.63, 3.8) is 0 Å². The van der Waals surface area contributed by atoms with E-state index in [2.05, 4.69) is 26.7 Å². The third-order valence-corrected chi connectivity index (χ3v) is 4.22. The van der Waals surface area contributed by atoms with E-state index in [0.29, 0.717) is 12.5 Å². The lowest BCUT2D eigenvalue weighted by Crippen LogP contribution is -2.27. The molecule has 0 saturated carbocycles. The second-order valence-corrected chi connectivity index (χ2v) is 6.01. The van der Waals surface area contributed by atoms with Gasteiger partial charge in [0.05, 0.1) is 25.1 Å². The van der Waals surface area contributed by atoms with Gasteiger partial charge in [-0.25, -0.2) is 0 Å². The quantitative estimate of drug-likeness (QED) is 0.792. The second kappa shape index (κ2) is 5.99. The number of ether oxygens (including phenoxy) is 2. The molecule has 0 saturated heterocycles. The number of hydrogen-bond donors (Lipinski definition) is 1. The highest BCUT2D eigenvalue weighted by Crippen LogP contribution is 2.36. The number of nitrogens with one attached hydrogen (secondary N) is 1. The van der Waals surface area contributed by atoms with Crippen molar-refractivity contribution in [3.8, 4) is 11.5 Å². The number of aryl methyl sites for hydroxylation is 1. The molecule has 3 heterocycles. The molecular formula is C17H19N5O2. The Balaban J connectivity index is 1.49. The van der Waals surface area contributed by atoms with Crippen molar-refractivity contribution in [3.05, 3.63) is 41.9 Å². The first kappa shape index (κ1) is 14.7. The third kappa shape index (κ3) is 2.62. The number of benzene rings is 1. The molecule has 7 heteroatoms. The van der Waals surface area contributed by atoms with Crippen molar-refractivity contribution < 1.29 is 9.47 Å². The Morgan fingerprint density at radius 2 is 2.33 bits per heavy atom. The zero-order chi connectivity index (χ0) is 16.5. The molecule has 0 aliphatic carbocycles. The lowest BCUT2D eigenvalue weighted by molar-refractivity contribution is 0.218. The molecule has 0 amide bonds. The lowest BCUT2D eigenvalue weighted by atomic mass is 9.96. The smallest absolute Gasteiger partial charge is 0.200 e. The van der Waals surface area contributed by atoms with Crippen molar-refractivity contribution in [2.75, 3.05) is 25.6 Å². The maximum atomic E-state index is 5.93. The molecule has 7 nitrogen and oxygen atoms in total. The van der Waals surface area contributed by atoms with E-state index < -0.39 is 0 Å². The maximum Gasteiger partial charge on any atom is 0.200 e. The minimum atomic E-state index is 0.376. The van der Waals surface area contributed by atoms with Gasteiger partial charge < -0.3 is 14.8 Å². The fraction of sp³-hybridized carbons (Fsp3) is 0.353. The summed E-state index contributed by atoms with van der Waals surface area (Å²) in [5.41, 5.74) is 3.78. The van der Waals surface area contributed by atoms with Crippen LogP contribution < -0.4 is 14.8 Å². The van der Waals surface area contributed by atoms with Crippen molar-refractivity contribution in [1.82, 2.24) is 19.8 Å². The summed E-state index contributed by atoms with van der Waals surface area (Å²) >= 11 is 0. The van der Waals surface area contributed by atoms with Crippen molar-refractivity contribution in [1.29, 1.82) is 0 Å². The molecule has 1 atom stereocenters. The molecule has 1 aliphatic heterocycles. The predicted molar refractivity (Wildman–Crippen MR) is 89.7 cm³/mol. The highest BCUT2D eigenvalue weighted by atomic mass is 16.5. The summed E-state index contributed by atoms with van der Waals surface area (Å²) in [6, 6.07) is 8.02. The maximum absolute atomic E-state index is 5.93. The minimum absolute atomic E-state index is 0.376. The number of rotatable bonds is 4. The van der Waals surface area contributed by atoms with E-state index in [0.717, 1.165) is 41.5 Å². The van der Waals surface area contributed by atoms with Crippen LogP contribution in [0, 0.1) is 12.8 Å². The van der Waals surface area contributed by atoms with Crippen LogP contribution in [-0.2, 0) is 6.42 Å². The standard InChI is InChI=1S/C17H19N5O2/c1-11-6-14(17-20-19-10-22(17)21-11)18-8-12-7-13-4-3-5-15(23-2)16(13)24-9-12/h3-6,10,12,18H,7-9H2,1-2H3. The first-order valence-electron chi connectivity index (χ1n) is 7.95. The van der Waals surface area contributed by atoms with Gasteiger partial charge in [0.25, 0.3) is 0 Å². The third-order valence-electron chi connectivity index (χ3n) is 4.22. The summed E-state index contributed by atoms with van der Waals surface area (Å²) in [6.45, 7) is 3.41. The molecule has 0 fully saturated rings. The fourth-order valence-corrected chi connectivity index (χ4v) is 3.09. The predicted octanol–water partition coefficient (Wildman–Crippen LogP) is 2.10. The number of hydrogen-bond acceptors (Lipinski definition) is 6. The van der Waals surface area contributed by atoms with Crippen LogP contribution in [0.1, 0.15) is 11.3 Å². The van der Waals surface area contributed by atoms with E-state index in [1.165, 1.54) is 5.56 Å². The van der Waals surface area contributed by atoms with Gasteiger partial charge in [-0.1, -0.05) is 12.1 Å². The van der Waals surface area contributed by atoms with E-state index in [4.69, 9.17) is 9.47 Å². The van der Waals surface area contributed by atoms with Crippen molar-refractivity contribution in [2.45, 2.75) is 13.3 Å². The van der Waals surface area contributed by atoms with Gasteiger partial charge in [-0.05, 0) is 31.0 Å². The van der Waals surface area contributed by atoms with Crippen LogP contribution >= 0.6 is 0 Å². The van der Waals surface area contributed by atoms with E-state index in [-0.39, 0.29) is 0 Å². The van der Waals surface area contributed by atoms with Crippen LogP contribution in [0.5, 0.6) is 11.5 Å². The van der Waals surface area contributed by atoms with Crippen molar-refractivity contribution in [2.24, 2.45) is 5.92 Å². The molecule has 4 rings (SSSR count). The van der Waals surface area contributed by atoms with Crippen LogP contribution in [-0.4, -0.2) is 40.1 Å².